The molecule has 1 fully saturated rings. The normalized spacial score (nSPS) is 13.5. The molecule has 0 aliphatic carbocycles. The first-order chi connectivity index (χ1) is 13.3. The summed E-state index contributed by atoms with van der Waals surface area (Å²) in [6.07, 6.45) is 1.30. The minimum absolute atomic E-state index is 0.0380. The maximum Gasteiger partial charge on any atom is 0.279 e. The van der Waals surface area contributed by atoms with Gasteiger partial charge in [0.1, 0.15) is 5.56 Å². The average molecular weight is 384 g/mol. The smallest absolute Gasteiger partial charge is 0.279 e. The standard InChI is InChI=1S/C18H16N4O6/c1-11-15(21(25)26)9-12(10-16(11)22(27)28)18(24)19-13-4-6-14(7-5-13)20-8-2-3-17(20)23/h4-7,9-10H,2-3,8H2,1H3,(H,19,24). The fourth-order valence-corrected chi connectivity index (χ4v) is 3.04. The molecule has 0 atom stereocenters. The summed E-state index contributed by atoms with van der Waals surface area (Å²) in [6.45, 7) is 1.90. The average Bonchev–Trinajstić information content (AvgIpc) is 3.08. The number of anilines is 2. The van der Waals surface area contributed by atoms with Crippen LogP contribution in [-0.2, 0) is 4.79 Å². The van der Waals surface area contributed by atoms with Crippen molar-refractivity contribution in [3.63, 3.8) is 0 Å². The fraction of sp³-hybridized carbons (Fsp3) is 0.222. The van der Waals surface area contributed by atoms with Crippen molar-refractivity contribution in [1.82, 2.24) is 0 Å². The quantitative estimate of drug-likeness (QED) is 0.621. The van der Waals surface area contributed by atoms with Crippen LogP contribution < -0.4 is 10.2 Å². The Morgan fingerprint density at radius 2 is 1.64 bits per heavy atom. The molecule has 10 heteroatoms. The molecule has 2 aromatic rings. The third-order valence-corrected chi connectivity index (χ3v) is 4.52. The number of nitrogens with one attached hydrogen (secondary N) is 1. The Labute approximate surface area is 159 Å². The van der Waals surface area contributed by atoms with Crippen LogP contribution in [0.1, 0.15) is 28.8 Å². The first-order valence-electron chi connectivity index (χ1n) is 8.43. The van der Waals surface area contributed by atoms with Crippen LogP contribution in [0, 0.1) is 27.2 Å². The van der Waals surface area contributed by atoms with Crippen molar-refractivity contribution in [2.75, 3.05) is 16.8 Å². The van der Waals surface area contributed by atoms with Gasteiger partial charge in [0.2, 0.25) is 5.91 Å². The van der Waals surface area contributed by atoms with Crippen molar-refractivity contribution in [3.05, 3.63) is 67.8 Å². The lowest BCUT2D eigenvalue weighted by molar-refractivity contribution is -0.395. The number of hydrogen-bond acceptors (Lipinski definition) is 6. The zero-order valence-electron chi connectivity index (χ0n) is 14.9. The number of hydrogen-bond donors (Lipinski definition) is 1. The maximum atomic E-state index is 12.4. The van der Waals surface area contributed by atoms with Gasteiger partial charge in [0.25, 0.3) is 17.3 Å². The summed E-state index contributed by atoms with van der Waals surface area (Å²) < 4.78 is 0. The number of nitro benzene ring substituents is 2. The highest BCUT2D eigenvalue weighted by atomic mass is 16.6. The molecule has 0 saturated carbocycles. The minimum Gasteiger partial charge on any atom is -0.322 e. The Morgan fingerprint density at radius 3 is 2.11 bits per heavy atom. The molecule has 28 heavy (non-hydrogen) atoms. The Bertz CT molecular complexity index is 951. The summed E-state index contributed by atoms with van der Waals surface area (Å²) in [5, 5.41) is 24.8. The van der Waals surface area contributed by atoms with E-state index < -0.39 is 27.1 Å². The van der Waals surface area contributed by atoms with E-state index in [1.165, 1.54) is 6.92 Å². The molecule has 2 aromatic carbocycles. The Balaban J connectivity index is 1.84. The second kappa shape index (κ2) is 7.43. The van der Waals surface area contributed by atoms with Gasteiger partial charge in [-0.3, -0.25) is 29.8 Å². The van der Waals surface area contributed by atoms with Gasteiger partial charge in [0, 0.05) is 36.5 Å². The van der Waals surface area contributed by atoms with Crippen LogP contribution in [0.5, 0.6) is 0 Å². The molecule has 0 spiro atoms. The lowest BCUT2D eigenvalue weighted by atomic mass is 10.1. The highest BCUT2D eigenvalue weighted by Crippen LogP contribution is 2.30. The van der Waals surface area contributed by atoms with Gasteiger partial charge in [-0.15, -0.1) is 0 Å². The van der Waals surface area contributed by atoms with Gasteiger partial charge in [-0.25, -0.2) is 0 Å². The van der Waals surface area contributed by atoms with E-state index in [2.05, 4.69) is 5.32 Å². The molecule has 10 nitrogen and oxygen atoms in total. The SMILES string of the molecule is Cc1c([N+](=O)[O-])cc(C(=O)Nc2ccc(N3CCCC3=O)cc2)cc1[N+](=O)[O-]. The predicted molar refractivity (Wildman–Crippen MR) is 100 cm³/mol. The van der Waals surface area contributed by atoms with E-state index >= 15 is 0 Å². The molecule has 0 unspecified atom stereocenters. The first kappa shape index (κ1) is 19.0. The molecule has 0 radical (unpaired) electrons. The van der Waals surface area contributed by atoms with E-state index in [4.69, 9.17) is 0 Å². The van der Waals surface area contributed by atoms with Gasteiger partial charge in [0.05, 0.1) is 15.4 Å². The van der Waals surface area contributed by atoms with Crippen molar-refractivity contribution in [2.24, 2.45) is 0 Å². The lowest BCUT2D eigenvalue weighted by Gasteiger charge is -2.16. The molecule has 144 valence electrons. The zero-order chi connectivity index (χ0) is 20.4. The summed E-state index contributed by atoms with van der Waals surface area (Å²) in [5.74, 6) is -0.674. The van der Waals surface area contributed by atoms with Crippen molar-refractivity contribution < 1.29 is 19.4 Å². The van der Waals surface area contributed by atoms with E-state index in [0.717, 1.165) is 18.6 Å². The third kappa shape index (κ3) is 3.65. The van der Waals surface area contributed by atoms with Crippen LogP contribution in [0.15, 0.2) is 36.4 Å². The minimum atomic E-state index is -0.763. The number of benzene rings is 2. The summed E-state index contributed by atoms with van der Waals surface area (Å²) in [4.78, 5) is 46.6. The fourth-order valence-electron chi connectivity index (χ4n) is 3.04. The molecule has 1 N–H and O–H groups in total. The number of rotatable bonds is 5. The monoisotopic (exact) mass is 384 g/mol. The van der Waals surface area contributed by atoms with E-state index in [0.29, 0.717) is 24.3 Å². The van der Waals surface area contributed by atoms with Gasteiger partial charge in [-0.1, -0.05) is 0 Å². The topological polar surface area (TPSA) is 136 Å². The molecule has 0 bridgehead atoms. The van der Waals surface area contributed by atoms with Crippen molar-refractivity contribution in [2.45, 2.75) is 19.8 Å². The molecular formula is C18H16N4O6. The molecule has 1 aliphatic heterocycles. The molecule has 1 saturated heterocycles. The number of carbonyl (C=O) groups is 2. The maximum absolute atomic E-state index is 12.4. The highest BCUT2D eigenvalue weighted by molar-refractivity contribution is 6.05. The van der Waals surface area contributed by atoms with Crippen LogP contribution >= 0.6 is 0 Å². The van der Waals surface area contributed by atoms with Gasteiger partial charge >= 0.3 is 0 Å². The number of amides is 2. The zero-order valence-corrected chi connectivity index (χ0v) is 14.9. The third-order valence-electron chi connectivity index (χ3n) is 4.52. The first-order valence-corrected chi connectivity index (χ1v) is 8.43. The van der Waals surface area contributed by atoms with E-state index in [1.54, 1.807) is 29.2 Å². The van der Waals surface area contributed by atoms with Gasteiger partial charge in [0.15, 0.2) is 0 Å². The van der Waals surface area contributed by atoms with E-state index in [1.807, 2.05) is 0 Å². The Kier molecular flexibility index (Phi) is 5.03. The van der Waals surface area contributed by atoms with Crippen molar-refractivity contribution in [3.8, 4) is 0 Å². The second-order valence-electron chi connectivity index (χ2n) is 6.30. The summed E-state index contributed by atoms with van der Waals surface area (Å²) in [6, 6.07) is 8.56. The number of nitro groups is 2. The van der Waals surface area contributed by atoms with Crippen LogP contribution in [0.3, 0.4) is 0 Å². The highest BCUT2D eigenvalue weighted by Gasteiger charge is 2.25. The summed E-state index contributed by atoms with van der Waals surface area (Å²) in [7, 11) is 0. The molecule has 1 heterocycles. The van der Waals surface area contributed by atoms with E-state index in [9.17, 15) is 29.8 Å². The molecule has 3 rings (SSSR count). The predicted octanol–water partition coefficient (Wildman–Crippen LogP) is 3.19. The molecule has 1 aliphatic rings. The van der Waals surface area contributed by atoms with Gasteiger partial charge in [-0.2, -0.15) is 0 Å². The van der Waals surface area contributed by atoms with Crippen LogP contribution in [0.4, 0.5) is 22.7 Å². The lowest BCUT2D eigenvalue weighted by Crippen LogP contribution is -2.23. The van der Waals surface area contributed by atoms with Gasteiger partial charge in [-0.05, 0) is 37.6 Å². The Hall–Kier alpha value is -3.82. The van der Waals surface area contributed by atoms with Crippen LogP contribution in [-0.4, -0.2) is 28.2 Å². The van der Waals surface area contributed by atoms with Crippen molar-refractivity contribution in [1.29, 1.82) is 0 Å². The summed E-state index contributed by atoms with van der Waals surface area (Å²) in [5.41, 5.74) is -0.202. The Morgan fingerprint density at radius 1 is 1.07 bits per heavy atom. The molecule has 2 amide bonds. The van der Waals surface area contributed by atoms with Gasteiger partial charge < -0.3 is 10.2 Å². The second-order valence-corrected chi connectivity index (χ2v) is 6.30. The molecular weight excluding hydrogens is 368 g/mol. The summed E-state index contributed by atoms with van der Waals surface area (Å²) >= 11 is 0. The molecule has 0 aromatic heterocycles. The van der Waals surface area contributed by atoms with Crippen molar-refractivity contribution >= 4 is 34.6 Å². The van der Waals surface area contributed by atoms with E-state index in [-0.39, 0.29) is 17.0 Å². The van der Waals surface area contributed by atoms with Crippen LogP contribution in [0.25, 0.3) is 0 Å². The largest absolute Gasteiger partial charge is 0.322 e. The number of nitrogens with zero attached hydrogens (tertiary/aromatic N) is 3. The number of carbonyl (C=O) groups excluding carboxylic acids is 2. The van der Waals surface area contributed by atoms with Crippen LogP contribution in [0.2, 0.25) is 0 Å².